The van der Waals surface area contributed by atoms with E-state index in [4.69, 9.17) is 0 Å². The molecule has 0 fully saturated rings. The van der Waals surface area contributed by atoms with Crippen LogP contribution in [-0.4, -0.2) is 30.2 Å². The van der Waals surface area contributed by atoms with Gasteiger partial charge in [0.1, 0.15) is 4.21 Å². The van der Waals surface area contributed by atoms with E-state index < -0.39 is 27.5 Å². The van der Waals surface area contributed by atoms with E-state index in [0.717, 1.165) is 22.2 Å². The van der Waals surface area contributed by atoms with Crippen LogP contribution >= 0.6 is 27.3 Å². The van der Waals surface area contributed by atoms with Crippen molar-refractivity contribution in [3.8, 4) is 0 Å². The number of carboxylic acids is 1. The summed E-state index contributed by atoms with van der Waals surface area (Å²) in [7, 11) is -3.66. The number of carbonyl (C=O) groups is 1. The zero-order valence-electron chi connectivity index (χ0n) is 12.9. The smallest absolute Gasteiger partial charge is 0.307 e. The topological polar surface area (TPSA) is 84.3 Å². The summed E-state index contributed by atoms with van der Waals surface area (Å²) in [6, 6.07) is 12.5. The minimum atomic E-state index is -3.66. The minimum Gasteiger partial charge on any atom is -0.481 e. The van der Waals surface area contributed by atoms with Gasteiger partial charge >= 0.3 is 5.97 Å². The molecule has 8 heteroatoms. The summed E-state index contributed by atoms with van der Waals surface area (Å²) in [5.74, 6) is -2.61. The van der Waals surface area contributed by atoms with Crippen LogP contribution in [0.25, 0.3) is 10.9 Å². The SMILES string of the molecule is O=C(O)[C@@H](Cc1cnc2ccccc2c1)CS(=O)(=O)c1ccc(Br)s1. The van der Waals surface area contributed by atoms with Crippen molar-refractivity contribution in [2.24, 2.45) is 5.92 Å². The Morgan fingerprint density at radius 2 is 2.00 bits per heavy atom. The van der Waals surface area contributed by atoms with Crippen molar-refractivity contribution in [3.63, 3.8) is 0 Å². The Hall–Kier alpha value is -1.77. The van der Waals surface area contributed by atoms with Crippen molar-refractivity contribution >= 4 is 54.0 Å². The molecule has 0 bridgehead atoms. The molecule has 0 saturated heterocycles. The van der Waals surface area contributed by atoms with Gasteiger partial charge in [0.25, 0.3) is 0 Å². The molecule has 1 aromatic carbocycles. The molecule has 25 heavy (non-hydrogen) atoms. The number of hydrogen-bond acceptors (Lipinski definition) is 5. The number of para-hydroxylation sites is 1. The monoisotopic (exact) mass is 439 g/mol. The summed E-state index contributed by atoms with van der Waals surface area (Å²) in [5, 5.41) is 10.4. The number of thiophene rings is 1. The number of aliphatic carboxylic acids is 1. The lowest BCUT2D eigenvalue weighted by Gasteiger charge is -2.12. The first-order chi connectivity index (χ1) is 11.8. The van der Waals surface area contributed by atoms with E-state index in [0.29, 0.717) is 9.35 Å². The number of aromatic nitrogens is 1. The summed E-state index contributed by atoms with van der Waals surface area (Å²) >= 11 is 4.31. The Kier molecular flexibility index (Phi) is 5.21. The summed E-state index contributed by atoms with van der Waals surface area (Å²) in [6.07, 6.45) is 1.71. The maximum absolute atomic E-state index is 12.5. The van der Waals surface area contributed by atoms with Crippen LogP contribution in [0.2, 0.25) is 0 Å². The van der Waals surface area contributed by atoms with Gasteiger partial charge in [0.2, 0.25) is 0 Å². The molecule has 3 rings (SSSR count). The highest BCUT2D eigenvalue weighted by Crippen LogP contribution is 2.28. The largest absolute Gasteiger partial charge is 0.481 e. The number of sulfone groups is 1. The molecule has 0 aliphatic rings. The number of rotatable bonds is 6. The van der Waals surface area contributed by atoms with Gasteiger partial charge < -0.3 is 5.11 Å². The lowest BCUT2D eigenvalue weighted by molar-refractivity contribution is -0.140. The van der Waals surface area contributed by atoms with Gasteiger partial charge in [-0.1, -0.05) is 18.2 Å². The quantitative estimate of drug-likeness (QED) is 0.631. The van der Waals surface area contributed by atoms with Crippen molar-refractivity contribution in [3.05, 3.63) is 58.0 Å². The Labute approximate surface area is 157 Å². The van der Waals surface area contributed by atoms with Crippen LogP contribution in [0.4, 0.5) is 0 Å². The highest BCUT2D eigenvalue weighted by molar-refractivity contribution is 9.11. The number of carboxylic acid groups (broad SMARTS) is 1. The summed E-state index contributed by atoms with van der Waals surface area (Å²) in [4.78, 5) is 15.9. The van der Waals surface area contributed by atoms with Gasteiger partial charge in [0.05, 0.1) is 21.0 Å². The van der Waals surface area contributed by atoms with E-state index in [2.05, 4.69) is 20.9 Å². The minimum absolute atomic E-state index is 0.110. The standard InChI is InChI=1S/C17H14BrNO4S2/c18-15-5-6-16(24-15)25(22,23)10-13(17(20)21)8-11-7-12-3-1-2-4-14(12)19-9-11/h1-7,9,13H,8,10H2,(H,20,21)/t13-/m0/s1. The zero-order chi connectivity index (χ0) is 18.0. The van der Waals surface area contributed by atoms with Crippen LogP contribution in [0.3, 0.4) is 0 Å². The highest BCUT2D eigenvalue weighted by atomic mass is 79.9. The third-order valence-corrected chi connectivity index (χ3v) is 7.77. The molecule has 0 spiro atoms. The number of benzene rings is 1. The van der Waals surface area contributed by atoms with Crippen LogP contribution in [-0.2, 0) is 21.1 Å². The lowest BCUT2D eigenvalue weighted by atomic mass is 10.0. The molecule has 0 radical (unpaired) electrons. The van der Waals surface area contributed by atoms with Crippen molar-refractivity contribution in [1.82, 2.24) is 4.98 Å². The molecule has 5 nitrogen and oxygen atoms in total. The Morgan fingerprint density at radius 1 is 1.24 bits per heavy atom. The Bertz CT molecular complexity index is 1030. The van der Waals surface area contributed by atoms with E-state index in [1.807, 2.05) is 30.3 Å². The van der Waals surface area contributed by atoms with Crippen LogP contribution in [0, 0.1) is 5.92 Å². The fourth-order valence-corrected chi connectivity index (χ4v) is 6.19. The summed E-state index contributed by atoms with van der Waals surface area (Å²) < 4.78 is 25.8. The molecule has 0 saturated carbocycles. The normalized spacial score (nSPS) is 13.0. The molecule has 1 N–H and O–H groups in total. The van der Waals surface area contributed by atoms with Gasteiger partial charge in [-0.25, -0.2) is 8.42 Å². The van der Waals surface area contributed by atoms with Gasteiger partial charge in [0, 0.05) is 11.6 Å². The van der Waals surface area contributed by atoms with Crippen molar-refractivity contribution < 1.29 is 18.3 Å². The number of hydrogen-bond donors (Lipinski definition) is 1. The summed E-state index contributed by atoms with van der Waals surface area (Å²) in [6.45, 7) is 0. The average Bonchev–Trinajstić information content (AvgIpc) is 3.01. The molecular formula is C17H14BrNO4S2. The van der Waals surface area contributed by atoms with E-state index in [1.165, 1.54) is 6.07 Å². The Balaban J connectivity index is 1.84. The van der Waals surface area contributed by atoms with Crippen LogP contribution in [0.1, 0.15) is 5.56 Å². The predicted molar refractivity (Wildman–Crippen MR) is 101 cm³/mol. The van der Waals surface area contributed by atoms with E-state index >= 15 is 0 Å². The molecule has 0 aliphatic carbocycles. The van der Waals surface area contributed by atoms with Gasteiger partial charge in [-0.05, 0) is 52.2 Å². The molecule has 0 unspecified atom stereocenters. The molecule has 0 aliphatic heterocycles. The average molecular weight is 440 g/mol. The van der Waals surface area contributed by atoms with Gasteiger partial charge in [-0.3, -0.25) is 9.78 Å². The highest BCUT2D eigenvalue weighted by Gasteiger charge is 2.28. The molecule has 0 amide bonds. The maximum atomic E-state index is 12.5. The van der Waals surface area contributed by atoms with Gasteiger partial charge in [-0.2, -0.15) is 0 Å². The van der Waals surface area contributed by atoms with E-state index in [-0.39, 0.29) is 10.6 Å². The van der Waals surface area contributed by atoms with Crippen LogP contribution in [0.15, 0.2) is 56.7 Å². The number of fused-ring (bicyclic) bond motifs is 1. The molecular weight excluding hydrogens is 426 g/mol. The summed E-state index contributed by atoms with van der Waals surface area (Å²) in [5.41, 5.74) is 1.52. The van der Waals surface area contributed by atoms with Crippen molar-refractivity contribution in [1.29, 1.82) is 0 Å². The fraction of sp³-hybridized carbons (Fsp3) is 0.176. The number of nitrogens with zero attached hydrogens (tertiary/aromatic N) is 1. The first-order valence-corrected chi connectivity index (χ1v) is 10.7. The molecule has 3 aromatic rings. The third-order valence-electron chi connectivity index (χ3n) is 3.75. The third kappa shape index (κ3) is 4.26. The molecule has 130 valence electrons. The van der Waals surface area contributed by atoms with Crippen molar-refractivity contribution in [2.45, 2.75) is 10.6 Å². The van der Waals surface area contributed by atoms with Crippen molar-refractivity contribution in [2.75, 3.05) is 5.75 Å². The van der Waals surface area contributed by atoms with E-state index in [9.17, 15) is 18.3 Å². The van der Waals surface area contributed by atoms with Crippen LogP contribution in [0.5, 0.6) is 0 Å². The maximum Gasteiger partial charge on any atom is 0.307 e. The second kappa shape index (κ2) is 7.23. The molecule has 2 aromatic heterocycles. The van der Waals surface area contributed by atoms with Gasteiger partial charge in [-0.15, -0.1) is 11.3 Å². The molecule has 2 heterocycles. The predicted octanol–water partition coefficient (Wildman–Crippen LogP) is 3.78. The first-order valence-electron chi connectivity index (χ1n) is 7.40. The zero-order valence-corrected chi connectivity index (χ0v) is 16.1. The fourth-order valence-electron chi connectivity index (χ4n) is 2.54. The van der Waals surface area contributed by atoms with Crippen LogP contribution < -0.4 is 0 Å². The number of pyridine rings is 1. The lowest BCUT2D eigenvalue weighted by Crippen LogP contribution is -2.25. The number of halogens is 1. The molecule has 1 atom stereocenters. The first kappa shape index (κ1) is 18.0. The van der Waals surface area contributed by atoms with E-state index in [1.54, 1.807) is 12.3 Å². The Morgan fingerprint density at radius 3 is 2.68 bits per heavy atom. The second-order valence-electron chi connectivity index (χ2n) is 5.62. The second-order valence-corrected chi connectivity index (χ2v) is 10.3. The van der Waals surface area contributed by atoms with Gasteiger partial charge in [0.15, 0.2) is 9.84 Å².